The lowest BCUT2D eigenvalue weighted by molar-refractivity contribution is 1.18. The number of rotatable bonds is 2. The van der Waals surface area contributed by atoms with Gasteiger partial charge in [-0.05, 0) is 59.5 Å². The van der Waals surface area contributed by atoms with Crippen LogP contribution in [0.25, 0.3) is 60.4 Å². The predicted molar refractivity (Wildman–Crippen MR) is 136 cm³/mol. The summed E-state index contributed by atoms with van der Waals surface area (Å²) < 4.78 is 123. The van der Waals surface area contributed by atoms with Crippen molar-refractivity contribution in [2.45, 2.75) is 0 Å². The van der Waals surface area contributed by atoms with E-state index in [0.717, 1.165) is 0 Å². The van der Waals surface area contributed by atoms with E-state index >= 15 is 0 Å². The Morgan fingerprint density at radius 3 is 2.09 bits per heavy atom. The van der Waals surface area contributed by atoms with Gasteiger partial charge in [0.15, 0.2) is 0 Å². The molecule has 0 unspecified atom stereocenters. The molecule has 0 saturated heterocycles. The number of aromatic amines is 1. The maximum atomic E-state index is 9.37. The Kier molecular flexibility index (Phi) is 1.79. The summed E-state index contributed by atoms with van der Waals surface area (Å²) in [6, 6.07) is 1.28. The van der Waals surface area contributed by atoms with E-state index in [2.05, 4.69) is 4.98 Å². The minimum absolute atomic E-state index is 0.0211. The van der Waals surface area contributed by atoms with E-state index in [4.69, 9.17) is 16.4 Å². The summed E-state index contributed by atoms with van der Waals surface area (Å²) in [5.74, 6) is 0. The molecule has 2 aromatic heterocycles. The van der Waals surface area contributed by atoms with Crippen LogP contribution in [0.1, 0.15) is 19.2 Å². The van der Waals surface area contributed by atoms with Crippen LogP contribution in [0.4, 0.5) is 0 Å². The second-order valence-electron chi connectivity index (χ2n) is 7.24. The molecule has 7 aromatic rings. The second-order valence-corrected chi connectivity index (χ2v) is 7.24. The lowest BCUT2D eigenvalue weighted by Crippen LogP contribution is -1.92. The molecule has 0 aliphatic carbocycles. The van der Waals surface area contributed by atoms with Gasteiger partial charge in [-0.1, -0.05) is 66.5 Å². The maximum Gasteiger partial charge on any atom is 0.0645 e. The Bertz CT molecular complexity index is 2520. The highest BCUT2D eigenvalue weighted by molar-refractivity contribution is 6.11. The van der Waals surface area contributed by atoms with Crippen LogP contribution >= 0.6 is 0 Å². The van der Waals surface area contributed by atoms with Gasteiger partial charge in [0.05, 0.1) is 30.2 Å². The number of hydrogen-bond acceptors (Lipinski definition) is 0. The molecule has 0 spiro atoms. The van der Waals surface area contributed by atoms with Crippen molar-refractivity contribution in [1.29, 1.82) is 0 Å². The number of aromatic nitrogens is 2. The van der Waals surface area contributed by atoms with Crippen molar-refractivity contribution in [2.75, 3.05) is 0 Å². The first-order chi connectivity index (χ1) is 21.7. The maximum absolute atomic E-state index is 9.37. The summed E-state index contributed by atoms with van der Waals surface area (Å²) >= 11 is 0. The van der Waals surface area contributed by atoms with Gasteiger partial charge in [-0.3, -0.25) is 0 Å². The van der Waals surface area contributed by atoms with Crippen molar-refractivity contribution in [1.82, 2.24) is 9.55 Å². The minimum atomic E-state index is -0.589. The molecule has 0 aliphatic heterocycles. The zero-order chi connectivity index (χ0) is 33.3. The Balaban J connectivity index is 1.73. The molecule has 0 radical (unpaired) electrons. The summed E-state index contributed by atoms with van der Waals surface area (Å²) in [5, 5.41) is -0.401. The molecule has 0 saturated carbocycles. The molecular weight excluding hydrogens is 388 g/mol. The van der Waals surface area contributed by atoms with Gasteiger partial charge < -0.3 is 9.55 Å². The molecule has 0 aliphatic rings. The smallest absolute Gasteiger partial charge is 0.0645 e. The molecular formula is C30H20N2. The minimum Gasteiger partial charge on any atom is -0.355 e. The fourth-order valence-electron chi connectivity index (χ4n) is 4.01. The van der Waals surface area contributed by atoms with Crippen LogP contribution in [-0.4, -0.2) is 9.55 Å². The fraction of sp³-hybridized carbons (Fsp3) is 0. The number of H-pyrrole nitrogens is 1. The quantitative estimate of drug-likeness (QED) is 0.291. The van der Waals surface area contributed by atoms with Crippen molar-refractivity contribution in [2.24, 2.45) is 0 Å². The monoisotopic (exact) mass is 422 g/mol. The number of benzene rings is 5. The third-order valence-corrected chi connectivity index (χ3v) is 5.42. The number of hydrogen-bond donors (Lipinski definition) is 1. The molecule has 2 heteroatoms. The van der Waals surface area contributed by atoms with Crippen molar-refractivity contribution in [3.63, 3.8) is 0 Å². The lowest BCUT2D eigenvalue weighted by atomic mass is 10.0. The van der Waals surface area contributed by atoms with E-state index in [0.29, 0.717) is 5.69 Å². The highest BCUT2D eigenvalue weighted by atomic mass is 15.0. The van der Waals surface area contributed by atoms with Gasteiger partial charge in [0, 0.05) is 38.3 Å². The molecule has 7 rings (SSSR count). The first kappa shape index (κ1) is 8.68. The Morgan fingerprint density at radius 2 is 1.22 bits per heavy atom. The fourth-order valence-corrected chi connectivity index (χ4v) is 4.01. The van der Waals surface area contributed by atoms with Crippen LogP contribution in [0.3, 0.4) is 0 Å². The van der Waals surface area contributed by atoms with Crippen LogP contribution < -0.4 is 0 Å². The normalized spacial score (nSPS) is 17.9. The average molecular weight is 423 g/mol. The van der Waals surface area contributed by atoms with Crippen LogP contribution in [0.5, 0.6) is 0 Å². The summed E-state index contributed by atoms with van der Waals surface area (Å²) in [6.07, 6.45) is 0. The van der Waals surface area contributed by atoms with E-state index in [-0.39, 0.29) is 43.6 Å². The Labute approximate surface area is 205 Å². The number of nitrogens with one attached hydrogen (secondary N) is 1. The van der Waals surface area contributed by atoms with Crippen molar-refractivity contribution in [3.05, 3.63) is 115 Å². The first-order valence-electron chi connectivity index (χ1n) is 16.8. The van der Waals surface area contributed by atoms with Gasteiger partial charge in [0.1, 0.15) is 0 Å². The van der Waals surface area contributed by atoms with E-state index in [9.17, 15) is 2.74 Å². The van der Waals surface area contributed by atoms with Gasteiger partial charge >= 0.3 is 0 Å². The lowest BCUT2D eigenvalue weighted by Gasteiger charge is -2.08. The van der Waals surface area contributed by atoms with E-state index in [1.54, 1.807) is 30.3 Å². The largest absolute Gasteiger partial charge is 0.355 e. The first-order valence-corrected chi connectivity index (χ1v) is 9.83. The molecule has 32 heavy (non-hydrogen) atoms. The van der Waals surface area contributed by atoms with E-state index in [1.165, 1.54) is 4.57 Å². The predicted octanol–water partition coefficient (Wildman–Crippen LogP) is 8.09. The molecule has 2 heterocycles. The Morgan fingerprint density at radius 1 is 0.562 bits per heavy atom. The molecule has 2 nitrogen and oxygen atoms in total. The zero-order valence-electron chi connectivity index (χ0n) is 30.3. The van der Waals surface area contributed by atoms with Crippen LogP contribution in [0.2, 0.25) is 0 Å². The summed E-state index contributed by atoms with van der Waals surface area (Å²) in [7, 11) is 0. The number of nitrogens with zero attached hydrogens (tertiary/aromatic N) is 1. The van der Waals surface area contributed by atoms with Gasteiger partial charge in [-0.2, -0.15) is 0 Å². The number of fused-ring (bicyclic) bond motifs is 6. The van der Waals surface area contributed by atoms with Gasteiger partial charge in [0.25, 0.3) is 0 Å². The zero-order valence-corrected chi connectivity index (χ0v) is 16.3. The third kappa shape index (κ3) is 2.47. The summed E-state index contributed by atoms with van der Waals surface area (Å²) in [6.45, 7) is 0. The van der Waals surface area contributed by atoms with Crippen LogP contribution in [-0.2, 0) is 0 Å². The second kappa shape index (κ2) is 6.60. The summed E-state index contributed by atoms with van der Waals surface area (Å²) in [5.41, 5.74) is -0.602. The highest BCUT2D eigenvalue weighted by Crippen LogP contribution is 2.36. The molecule has 0 bridgehead atoms. The molecule has 0 amide bonds. The van der Waals surface area contributed by atoms with Crippen molar-refractivity contribution in [3.8, 4) is 16.8 Å². The average Bonchev–Trinajstić information content (AvgIpc) is 3.63. The van der Waals surface area contributed by atoms with E-state index < -0.39 is 95.7 Å². The van der Waals surface area contributed by atoms with Crippen LogP contribution in [0.15, 0.2) is 115 Å². The molecule has 1 N–H and O–H groups in total. The molecule has 0 fully saturated rings. The molecule has 5 aromatic carbocycles. The molecule has 150 valence electrons. The third-order valence-electron chi connectivity index (χ3n) is 5.42. The molecule has 0 atom stereocenters. The Hall–Kier alpha value is -4.30. The number of para-hydroxylation sites is 3. The van der Waals surface area contributed by atoms with Gasteiger partial charge in [-0.25, -0.2) is 0 Å². The standard InChI is InChI=1S/C30H20N2/c1-2-8-22(9-3-1)32-29-13-7-5-11-24(29)26-19-21(15-17-30(26)32)20-14-16-28-25(18-20)23-10-4-6-12-27(23)31-28/h1-19,31H/i4D,5D,6D,7D,10D,11D,12D,13D,14D,15D,16D,17D,18D,19D. The topological polar surface area (TPSA) is 20.7 Å². The van der Waals surface area contributed by atoms with Crippen molar-refractivity contribution >= 4 is 43.6 Å². The van der Waals surface area contributed by atoms with Crippen molar-refractivity contribution < 1.29 is 19.2 Å². The van der Waals surface area contributed by atoms with Gasteiger partial charge in [-0.15, -0.1) is 0 Å². The summed E-state index contributed by atoms with van der Waals surface area (Å²) in [4.78, 5) is 2.77. The SMILES string of the molecule is [2H]c1c([2H])c([2H])c2c([nH]c3c([2H])c([2H])c(-c4c([2H])c([2H])c5c(c4[2H])c4c([2H])c([2H])c([2H])c([2H])c4n5-c4ccccc4)c([2H])c32)c1[2H]. The van der Waals surface area contributed by atoms with Gasteiger partial charge in [0.2, 0.25) is 0 Å². The van der Waals surface area contributed by atoms with E-state index in [1.807, 2.05) is 0 Å². The van der Waals surface area contributed by atoms with Crippen LogP contribution in [0, 0.1) is 0 Å². The highest BCUT2D eigenvalue weighted by Gasteiger charge is 2.13.